The lowest BCUT2D eigenvalue weighted by atomic mass is 9.61. The molecule has 0 aliphatic heterocycles. The van der Waals surface area contributed by atoms with E-state index in [1.54, 1.807) is 0 Å². The molecule has 0 saturated carbocycles. The molecule has 63 heavy (non-hydrogen) atoms. The summed E-state index contributed by atoms with van der Waals surface area (Å²) in [5, 5.41) is 0. The first-order valence-electron chi connectivity index (χ1n) is 23.4. The van der Waals surface area contributed by atoms with Crippen molar-refractivity contribution in [3.05, 3.63) is 220 Å². The van der Waals surface area contributed by atoms with E-state index in [2.05, 4.69) is 209 Å². The number of hydrogen-bond donors (Lipinski definition) is 0. The summed E-state index contributed by atoms with van der Waals surface area (Å²) in [4.78, 5) is 2.63. The van der Waals surface area contributed by atoms with Crippen LogP contribution in [0.25, 0.3) is 44.5 Å². The molecule has 1 nitrogen and oxygen atoms in total. The number of benzene rings is 8. The Balaban J connectivity index is 1.22. The molecule has 12 rings (SSSR count). The summed E-state index contributed by atoms with van der Waals surface area (Å²) in [6.07, 6.45) is 7.12. The Morgan fingerprint density at radius 3 is 1.63 bits per heavy atom. The topological polar surface area (TPSA) is 3.24 Å². The van der Waals surface area contributed by atoms with Crippen LogP contribution in [0.4, 0.5) is 17.1 Å². The normalized spacial score (nSPS) is 16.7. The number of rotatable bonds is 5. The van der Waals surface area contributed by atoms with Gasteiger partial charge in [0.05, 0.1) is 11.1 Å². The number of hydrogen-bond acceptors (Lipinski definition) is 1. The van der Waals surface area contributed by atoms with Crippen LogP contribution in [0.15, 0.2) is 170 Å². The van der Waals surface area contributed by atoms with Crippen LogP contribution in [0.2, 0.25) is 0 Å². The van der Waals surface area contributed by atoms with Crippen LogP contribution in [-0.4, -0.2) is 0 Å². The highest BCUT2D eigenvalue weighted by atomic mass is 15.1. The minimum atomic E-state index is -0.461. The smallest absolute Gasteiger partial charge is 0.0726 e. The number of fused-ring (bicyclic) bond motifs is 12. The molecule has 0 radical (unpaired) electrons. The number of nitrogens with zero attached hydrogens (tertiary/aromatic N) is 1. The summed E-state index contributed by atoms with van der Waals surface area (Å²) in [5.74, 6) is 0. The van der Waals surface area contributed by atoms with Gasteiger partial charge in [-0.1, -0.05) is 161 Å². The lowest BCUT2D eigenvalue weighted by Gasteiger charge is -2.44. The van der Waals surface area contributed by atoms with Crippen LogP contribution in [0.1, 0.15) is 103 Å². The van der Waals surface area contributed by atoms with E-state index in [4.69, 9.17) is 0 Å². The average Bonchev–Trinajstić information content (AvgIpc) is 3.78. The van der Waals surface area contributed by atoms with Crippen molar-refractivity contribution in [3.63, 3.8) is 0 Å². The quantitative estimate of drug-likeness (QED) is 0.167. The first kappa shape index (κ1) is 38.3. The van der Waals surface area contributed by atoms with Gasteiger partial charge in [0.1, 0.15) is 0 Å². The molecule has 0 unspecified atom stereocenters. The fourth-order valence-corrected chi connectivity index (χ4v) is 12.4. The van der Waals surface area contributed by atoms with Gasteiger partial charge in [-0.25, -0.2) is 0 Å². The monoisotopic (exact) mass is 813 g/mol. The number of aryl methyl sites for hydroxylation is 3. The zero-order chi connectivity index (χ0) is 42.7. The maximum Gasteiger partial charge on any atom is 0.0726 e. The summed E-state index contributed by atoms with van der Waals surface area (Å²) in [6.45, 7) is 12.3. The second-order valence-corrected chi connectivity index (χ2v) is 20.2. The van der Waals surface area contributed by atoms with Gasteiger partial charge >= 0.3 is 0 Å². The van der Waals surface area contributed by atoms with Gasteiger partial charge in [0.25, 0.3) is 0 Å². The minimum absolute atomic E-state index is 0.00106. The summed E-state index contributed by atoms with van der Waals surface area (Å²) in [7, 11) is 0. The van der Waals surface area contributed by atoms with Crippen LogP contribution < -0.4 is 4.90 Å². The summed E-state index contributed by atoms with van der Waals surface area (Å²) >= 11 is 0. The third-order valence-corrected chi connectivity index (χ3v) is 15.6. The van der Waals surface area contributed by atoms with E-state index in [1.165, 1.54) is 131 Å². The highest BCUT2D eigenvalue weighted by Gasteiger charge is 2.52. The highest BCUT2D eigenvalue weighted by molar-refractivity contribution is 6.01. The Morgan fingerprint density at radius 1 is 0.413 bits per heavy atom. The second-order valence-electron chi connectivity index (χ2n) is 20.2. The second kappa shape index (κ2) is 14.0. The van der Waals surface area contributed by atoms with Crippen molar-refractivity contribution in [3.8, 4) is 44.5 Å². The SMILES string of the molecule is Cc1ccc2c(c1-c1cc3c(cc1N(c1ccc(-c4ccccc4)cc1)c1ccc4c(c1)CCCC4)C1(c4ccccc4-c4ccccc41)c1ccccc1-3)C(C)(C)CCC2(C)C. The molecule has 1 spiro atoms. The standard InChI is InChI=1S/C62H55N/c1-40-27-34-55-59(61(4,5)36-35-60(55,2)3)58(40)51-38-50-49-23-13-16-26-54(49)62(52-24-14-11-21-47(52)48-22-12-15-25-53(48)62)56(50)39-57(51)63(46-33-30-42-19-9-10-20-44(42)37-46)45-31-28-43(29-32-45)41-17-7-6-8-18-41/h6-8,11-18,21-34,37-39H,9-10,19-20,35-36H2,1-5H3. The van der Waals surface area contributed by atoms with Crippen LogP contribution in [0.5, 0.6) is 0 Å². The van der Waals surface area contributed by atoms with Gasteiger partial charge < -0.3 is 4.90 Å². The van der Waals surface area contributed by atoms with E-state index < -0.39 is 5.41 Å². The Morgan fingerprint density at radius 2 is 0.968 bits per heavy atom. The van der Waals surface area contributed by atoms with Crippen LogP contribution in [0.3, 0.4) is 0 Å². The van der Waals surface area contributed by atoms with Crippen molar-refractivity contribution in [2.45, 2.75) is 89.4 Å². The fourth-order valence-electron chi connectivity index (χ4n) is 12.4. The maximum atomic E-state index is 2.65. The van der Waals surface area contributed by atoms with Crippen LogP contribution >= 0.6 is 0 Å². The van der Waals surface area contributed by atoms with E-state index in [9.17, 15) is 0 Å². The van der Waals surface area contributed by atoms with Crippen molar-refractivity contribution in [2.75, 3.05) is 4.90 Å². The molecule has 4 aliphatic carbocycles. The molecule has 8 aromatic rings. The molecule has 0 atom stereocenters. The molecule has 8 aromatic carbocycles. The van der Waals surface area contributed by atoms with Crippen LogP contribution in [-0.2, 0) is 29.1 Å². The molecular formula is C62H55N. The van der Waals surface area contributed by atoms with Crippen molar-refractivity contribution < 1.29 is 0 Å². The molecule has 0 saturated heterocycles. The van der Waals surface area contributed by atoms with Gasteiger partial charge in [0.2, 0.25) is 0 Å². The van der Waals surface area contributed by atoms with Gasteiger partial charge in [0, 0.05) is 16.9 Å². The zero-order valence-electron chi connectivity index (χ0n) is 37.4. The zero-order valence-corrected chi connectivity index (χ0v) is 37.4. The molecule has 0 bridgehead atoms. The molecule has 0 amide bonds. The predicted octanol–water partition coefficient (Wildman–Crippen LogP) is 16.4. The Kier molecular flexibility index (Phi) is 8.52. The highest BCUT2D eigenvalue weighted by Crippen LogP contribution is 2.65. The molecular weight excluding hydrogens is 759 g/mol. The summed E-state index contributed by atoms with van der Waals surface area (Å²) < 4.78 is 0. The molecule has 0 fully saturated rings. The summed E-state index contributed by atoms with van der Waals surface area (Å²) in [6, 6.07) is 65.5. The molecule has 4 aliphatic rings. The lowest BCUT2D eigenvalue weighted by molar-refractivity contribution is 0.332. The van der Waals surface area contributed by atoms with Crippen molar-refractivity contribution in [1.29, 1.82) is 0 Å². The van der Waals surface area contributed by atoms with Crippen molar-refractivity contribution in [1.82, 2.24) is 0 Å². The molecule has 0 heterocycles. The Bertz CT molecular complexity index is 3080. The number of anilines is 3. The largest absolute Gasteiger partial charge is 0.310 e. The summed E-state index contributed by atoms with van der Waals surface area (Å²) in [5.41, 5.74) is 26.6. The minimum Gasteiger partial charge on any atom is -0.310 e. The van der Waals surface area contributed by atoms with Gasteiger partial charge in [-0.05, 0) is 182 Å². The van der Waals surface area contributed by atoms with Gasteiger partial charge in [-0.3, -0.25) is 0 Å². The van der Waals surface area contributed by atoms with E-state index in [0.29, 0.717) is 0 Å². The van der Waals surface area contributed by atoms with Crippen LogP contribution in [0, 0.1) is 6.92 Å². The van der Waals surface area contributed by atoms with Crippen molar-refractivity contribution >= 4 is 17.1 Å². The third-order valence-electron chi connectivity index (χ3n) is 15.6. The van der Waals surface area contributed by atoms with E-state index in [0.717, 1.165) is 19.3 Å². The van der Waals surface area contributed by atoms with Gasteiger partial charge in [-0.2, -0.15) is 0 Å². The molecule has 308 valence electrons. The first-order valence-corrected chi connectivity index (χ1v) is 23.4. The van der Waals surface area contributed by atoms with Gasteiger partial charge in [-0.15, -0.1) is 0 Å². The lowest BCUT2D eigenvalue weighted by Crippen LogP contribution is -2.34. The Hall–Kier alpha value is -6.44. The van der Waals surface area contributed by atoms with E-state index >= 15 is 0 Å². The van der Waals surface area contributed by atoms with E-state index in [1.807, 2.05) is 0 Å². The van der Waals surface area contributed by atoms with Gasteiger partial charge in [0.15, 0.2) is 0 Å². The first-order chi connectivity index (χ1) is 30.6. The predicted molar refractivity (Wildman–Crippen MR) is 265 cm³/mol. The fraction of sp³-hybridized carbons (Fsp3) is 0.226. The molecule has 1 heteroatoms. The molecule has 0 aromatic heterocycles. The Labute approximate surface area is 374 Å². The molecule has 0 N–H and O–H groups in total. The van der Waals surface area contributed by atoms with E-state index in [-0.39, 0.29) is 10.8 Å². The third kappa shape index (κ3) is 5.61. The van der Waals surface area contributed by atoms with Crippen molar-refractivity contribution in [2.24, 2.45) is 0 Å². The average molecular weight is 814 g/mol. The maximum absolute atomic E-state index is 2.65.